The number of rotatable bonds is 6. The van der Waals surface area contributed by atoms with Crippen LogP contribution in [0.25, 0.3) is 0 Å². The molecule has 0 radical (unpaired) electrons. The second-order valence-corrected chi connectivity index (χ2v) is 5.03. The van der Waals surface area contributed by atoms with Crippen molar-refractivity contribution in [2.24, 2.45) is 5.92 Å². The van der Waals surface area contributed by atoms with E-state index in [0.717, 1.165) is 30.5 Å². The van der Waals surface area contributed by atoms with E-state index in [9.17, 15) is 4.39 Å². The molecule has 0 fully saturated rings. The van der Waals surface area contributed by atoms with E-state index in [2.05, 4.69) is 26.1 Å². The minimum atomic E-state index is -0.0907. The van der Waals surface area contributed by atoms with E-state index in [1.807, 2.05) is 12.1 Å². The topological polar surface area (TPSA) is 12.0 Å². The summed E-state index contributed by atoms with van der Waals surface area (Å²) >= 11 is 0. The lowest BCUT2D eigenvalue weighted by Crippen LogP contribution is -2.34. The van der Waals surface area contributed by atoms with Crippen molar-refractivity contribution in [2.75, 3.05) is 6.54 Å². The molecule has 0 amide bonds. The van der Waals surface area contributed by atoms with Gasteiger partial charge in [-0.1, -0.05) is 32.9 Å². The van der Waals surface area contributed by atoms with E-state index in [4.69, 9.17) is 0 Å². The Balaban J connectivity index is 2.56. The largest absolute Gasteiger partial charge is 0.314 e. The molecule has 0 bridgehead atoms. The summed E-state index contributed by atoms with van der Waals surface area (Å²) in [7, 11) is 0. The van der Waals surface area contributed by atoms with Crippen molar-refractivity contribution in [1.29, 1.82) is 0 Å². The molecule has 0 saturated carbocycles. The first-order valence-corrected chi connectivity index (χ1v) is 6.53. The molecule has 0 spiro atoms. The first-order chi connectivity index (χ1) is 8.04. The van der Waals surface area contributed by atoms with E-state index in [1.54, 1.807) is 13.0 Å². The zero-order valence-electron chi connectivity index (χ0n) is 11.4. The summed E-state index contributed by atoms with van der Waals surface area (Å²) in [6.45, 7) is 9.37. The van der Waals surface area contributed by atoms with Gasteiger partial charge < -0.3 is 5.32 Å². The van der Waals surface area contributed by atoms with Gasteiger partial charge >= 0.3 is 0 Å². The third kappa shape index (κ3) is 4.47. The predicted molar refractivity (Wildman–Crippen MR) is 71.8 cm³/mol. The molecule has 0 saturated heterocycles. The van der Waals surface area contributed by atoms with Crippen LogP contribution in [0, 0.1) is 18.7 Å². The fraction of sp³-hybridized carbons (Fsp3) is 0.600. The predicted octanol–water partition coefficient (Wildman–Crippen LogP) is 3.70. The molecule has 0 aliphatic carbocycles. The third-order valence-electron chi connectivity index (χ3n) is 3.25. The first kappa shape index (κ1) is 14.2. The normalized spacial score (nSPS) is 13.1. The molecule has 0 aromatic heterocycles. The molecule has 1 rings (SSSR count). The summed E-state index contributed by atoms with van der Waals surface area (Å²) in [6.07, 6.45) is 2.00. The molecule has 1 aromatic carbocycles. The van der Waals surface area contributed by atoms with Gasteiger partial charge in [0.1, 0.15) is 5.82 Å². The van der Waals surface area contributed by atoms with Gasteiger partial charge in [0.05, 0.1) is 0 Å². The maximum atomic E-state index is 13.4. The van der Waals surface area contributed by atoms with E-state index in [0.29, 0.717) is 12.0 Å². The number of benzene rings is 1. The average Bonchev–Trinajstić information content (AvgIpc) is 2.28. The van der Waals surface area contributed by atoms with E-state index in [-0.39, 0.29) is 5.82 Å². The summed E-state index contributed by atoms with van der Waals surface area (Å²) < 4.78 is 13.4. The highest BCUT2D eigenvalue weighted by Gasteiger charge is 2.11. The van der Waals surface area contributed by atoms with Crippen molar-refractivity contribution in [1.82, 2.24) is 5.32 Å². The van der Waals surface area contributed by atoms with Crippen molar-refractivity contribution >= 4 is 0 Å². The van der Waals surface area contributed by atoms with Crippen LogP contribution >= 0.6 is 0 Å². The lowest BCUT2D eigenvalue weighted by Gasteiger charge is -2.21. The van der Waals surface area contributed by atoms with E-state index < -0.39 is 0 Å². The molecule has 0 heterocycles. The quantitative estimate of drug-likeness (QED) is 0.795. The number of halogens is 1. The van der Waals surface area contributed by atoms with Gasteiger partial charge in [-0.2, -0.15) is 0 Å². The lowest BCUT2D eigenvalue weighted by atomic mass is 9.96. The molecular weight excluding hydrogens is 213 g/mol. The zero-order valence-corrected chi connectivity index (χ0v) is 11.4. The second kappa shape index (κ2) is 6.75. The Morgan fingerprint density at radius 2 is 2.00 bits per heavy atom. The van der Waals surface area contributed by atoms with Crippen molar-refractivity contribution in [2.45, 2.75) is 46.6 Å². The average molecular weight is 237 g/mol. The van der Waals surface area contributed by atoms with Gasteiger partial charge in [0.25, 0.3) is 0 Å². The standard InChI is InChI=1S/C15H24FN/c1-5-17-15(11(2)3)9-8-13-7-6-12(4)14(16)10-13/h6-7,10-11,15,17H,5,8-9H2,1-4H3. The highest BCUT2D eigenvalue weighted by Crippen LogP contribution is 2.14. The van der Waals surface area contributed by atoms with Crippen LogP contribution in [0.2, 0.25) is 0 Å². The molecule has 96 valence electrons. The Morgan fingerprint density at radius 1 is 1.29 bits per heavy atom. The zero-order chi connectivity index (χ0) is 12.8. The number of aryl methyl sites for hydroxylation is 2. The molecule has 0 aliphatic rings. The summed E-state index contributed by atoms with van der Waals surface area (Å²) in [6, 6.07) is 6.08. The van der Waals surface area contributed by atoms with Gasteiger partial charge in [-0.3, -0.25) is 0 Å². The van der Waals surface area contributed by atoms with Crippen molar-refractivity contribution in [3.8, 4) is 0 Å². The minimum absolute atomic E-state index is 0.0907. The molecule has 0 aliphatic heterocycles. The van der Waals surface area contributed by atoms with Gasteiger partial charge in [-0.25, -0.2) is 4.39 Å². The summed E-state index contributed by atoms with van der Waals surface area (Å²) in [5.41, 5.74) is 1.82. The van der Waals surface area contributed by atoms with Crippen LogP contribution in [0.4, 0.5) is 4.39 Å². The van der Waals surface area contributed by atoms with Crippen LogP contribution in [0.3, 0.4) is 0 Å². The van der Waals surface area contributed by atoms with Gasteiger partial charge in [0.2, 0.25) is 0 Å². The molecule has 1 nitrogen and oxygen atoms in total. The number of hydrogen-bond donors (Lipinski definition) is 1. The van der Waals surface area contributed by atoms with Crippen LogP contribution in [-0.4, -0.2) is 12.6 Å². The summed E-state index contributed by atoms with van der Waals surface area (Å²) in [5, 5.41) is 3.48. The maximum absolute atomic E-state index is 13.4. The van der Waals surface area contributed by atoms with Gasteiger partial charge in [-0.05, 0) is 49.4 Å². The molecule has 1 unspecified atom stereocenters. The molecule has 1 atom stereocenters. The van der Waals surface area contributed by atoms with Crippen molar-refractivity contribution in [3.63, 3.8) is 0 Å². The van der Waals surface area contributed by atoms with Crippen LogP contribution in [0.1, 0.15) is 38.3 Å². The van der Waals surface area contributed by atoms with Crippen LogP contribution in [0.5, 0.6) is 0 Å². The van der Waals surface area contributed by atoms with Crippen molar-refractivity contribution < 1.29 is 4.39 Å². The highest BCUT2D eigenvalue weighted by atomic mass is 19.1. The Bertz CT molecular complexity index is 347. The third-order valence-corrected chi connectivity index (χ3v) is 3.25. The Labute approximate surface area is 104 Å². The van der Waals surface area contributed by atoms with E-state index >= 15 is 0 Å². The Kier molecular flexibility index (Phi) is 5.63. The van der Waals surface area contributed by atoms with Crippen LogP contribution in [-0.2, 0) is 6.42 Å². The summed E-state index contributed by atoms with van der Waals surface area (Å²) in [5.74, 6) is 0.525. The maximum Gasteiger partial charge on any atom is 0.126 e. The van der Waals surface area contributed by atoms with E-state index in [1.165, 1.54) is 0 Å². The minimum Gasteiger partial charge on any atom is -0.314 e. The van der Waals surface area contributed by atoms with Crippen LogP contribution in [0.15, 0.2) is 18.2 Å². The van der Waals surface area contributed by atoms with Gasteiger partial charge in [0.15, 0.2) is 0 Å². The highest BCUT2D eigenvalue weighted by molar-refractivity contribution is 5.23. The molecule has 17 heavy (non-hydrogen) atoms. The fourth-order valence-electron chi connectivity index (χ4n) is 2.05. The molecular formula is C15H24FN. The van der Waals surface area contributed by atoms with Gasteiger partial charge in [0, 0.05) is 6.04 Å². The fourth-order valence-corrected chi connectivity index (χ4v) is 2.05. The Hall–Kier alpha value is -0.890. The SMILES string of the molecule is CCNC(CCc1ccc(C)c(F)c1)C(C)C. The Morgan fingerprint density at radius 3 is 2.53 bits per heavy atom. The lowest BCUT2D eigenvalue weighted by molar-refractivity contribution is 0.385. The number of nitrogens with one attached hydrogen (secondary N) is 1. The smallest absolute Gasteiger partial charge is 0.126 e. The van der Waals surface area contributed by atoms with Gasteiger partial charge in [-0.15, -0.1) is 0 Å². The molecule has 1 aromatic rings. The number of hydrogen-bond acceptors (Lipinski definition) is 1. The second-order valence-electron chi connectivity index (χ2n) is 5.03. The monoisotopic (exact) mass is 237 g/mol. The summed E-state index contributed by atoms with van der Waals surface area (Å²) in [4.78, 5) is 0. The first-order valence-electron chi connectivity index (χ1n) is 6.53. The van der Waals surface area contributed by atoms with Crippen LogP contribution < -0.4 is 5.32 Å². The molecule has 1 N–H and O–H groups in total. The van der Waals surface area contributed by atoms with Crippen molar-refractivity contribution in [3.05, 3.63) is 35.1 Å². The molecule has 2 heteroatoms.